The Morgan fingerprint density at radius 3 is 2.50 bits per heavy atom. The van der Waals surface area contributed by atoms with Gasteiger partial charge in [-0.05, 0) is 36.2 Å². The topological polar surface area (TPSA) is 99.3 Å². The molecule has 2 heterocycles. The monoisotopic (exact) mass is 433 g/mol. The summed E-state index contributed by atoms with van der Waals surface area (Å²) in [6, 6.07) is 16.2. The molecule has 0 spiro atoms. The Hall–Kier alpha value is -3.65. The number of hydrogen-bond acceptors (Lipinski definition) is 4. The summed E-state index contributed by atoms with van der Waals surface area (Å²) < 4.78 is 5.29. The van der Waals surface area contributed by atoms with E-state index in [9.17, 15) is 9.59 Å². The molecule has 32 heavy (non-hydrogen) atoms. The molecule has 1 aliphatic heterocycles. The number of carbonyl (C=O) groups excluding carboxylic acids is 2. The molecule has 0 radical (unpaired) electrons. The summed E-state index contributed by atoms with van der Waals surface area (Å²) in [7, 11) is 0. The summed E-state index contributed by atoms with van der Waals surface area (Å²) in [5.41, 5.74) is 3.15. The fraction of sp³-hybridized carbons (Fsp3) is 0.292. The number of hydrogen-bond donors (Lipinski definition) is 3. The Labute approximate surface area is 187 Å². The van der Waals surface area contributed by atoms with Crippen LogP contribution in [0.5, 0.6) is 0 Å². The highest BCUT2D eigenvalue weighted by Crippen LogP contribution is 2.21. The first-order valence-electron chi connectivity index (χ1n) is 10.8. The van der Waals surface area contributed by atoms with E-state index in [1.165, 1.54) is 0 Å². The average Bonchev–Trinajstić information content (AvgIpc) is 3.34. The van der Waals surface area contributed by atoms with Crippen molar-refractivity contribution < 1.29 is 14.3 Å². The summed E-state index contributed by atoms with van der Waals surface area (Å²) in [6.45, 7) is 4.30. The van der Waals surface area contributed by atoms with Gasteiger partial charge in [0.2, 0.25) is 0 Å². The fourth-order valence-electron chi connectivity index (χ4n) is 3.61. The number of benzene rings is 2. The minimum absolute atomic E-state index is 0.0256. The van der Waals surface area contributed by atoms with E-state index in [4.69, 9.17) is 4.74 Å². The highest BCUT2D eigenvalue weighted by atomic mass is 16.5. The van der Waals surface area contributed by atoms with E-state index < -0.39 is 0 Å². The molecule has 1 fully saturated rings. The molecule has 4 rings (SSSR count). The molecule has 1 unspecified atom stereocenters. The number of aromatic nitrogens is 2. The normalized spacial score (nSPS) is 14.6. The van der Waals surface area contributed by atoms with Crippen LogP contribution in [0.3, 0.4) is 0 Å². The third-order valence-corrected chi connectivity index (χ3v) is 5.41. The number of H-pyrrole nitrogens is 1. The summed E-state index contributed by atoms with van der Waals surface area (Å²) in [5, 5.41) is 5.78. The van der Waals surface area contributed by atoms with Gasteiger partial charge in [-0.3, -0.25) is 4.79 Å². The van der Waals surface area contributed by atoms with Crippen molar-refractivity contribution in [1.29, 1.82) is 0 Å². The lowest BCUT2D eigenvalue weighted by Crippen LogP contribution is -2.40. The zero-order valence-electron chi connectivity index (χ0n) is 18.0. The zero-order valence-corrected chi connectivity index (χ0v) is 18.0. The number of morpholine rings is 1. The van der Waals surface area contributed by atoms with Crippen molar-refractivity contribution in [2.75, 3.05) is 31.6 Å². The predicted molar refractivity (Wildman–Crippen MR) is 122 cm³/mol. The molecule has 8 nitrogen and oxygen atoms in total. The minimum atomic E-state index is -0.332. The second-order valence-corrected chi connectivity index (χ2v) is 7.59. The third kappa shape index (κ3) is 5.15. The maximum Gasteiger partial charge on any atom is 0.319 e. The number of anilines is 1. The number of amides is 3. The number of nitrogens with zero attached hydrogens (tertiary/aromatic N) is 2. The number of ether oxygens (including phenoxy) is 1. The summed E-state index contributed by atoms with van der Waals surface area (Å²) >= 11 is 0. The molecule has 0 saturated carbocycles. The van der Waals surface area contributed by atoms with Gasteiger partial charge >= 0.3 is 6.03 Å². The SMILES string of the molecule is CCC(NC(=O)Nc1ccc(C(=O)N2CCOCC2)cc1)c1ncc(-c2ccccc2)[nH]1. The standard InChI is InChI=1S/C24H27N5O3/c1-2-20(22-25-16-21(27-22)17-6-4-3-5-7-17)28-24(31)26-19-10-8-18(9-11-19)23(30)29-12-14-32-15-13-29/h3-11,16,20H,2,12-15H2,1H3,(H,25,27)(H2,26,28,31). The van der Waals surface area contributed by atoms with E-state index in [1.807, 2.05) is 37.3 Å². The number of carbonyl (C=O) groups is 2. The summed E-state index contributed by atoms with van der Waals surface area (Å²) in [6.07, 6.45) is 2.46. The summed E-state index contributed by atoms with van der Waals surface area (Å²) in [4.78, 5) is 34.6. The van der Waals surface area contributed by atoms with Crippen molar-refractivity contribution in [2.24, 2.45) is 0 Å². The smallest absolute Gasteiger partial charge is 0.319 e. The first kappa shape index (κ1) is 21.6. The molecule has 0 bridgehead atoms. The van der Waals surface area contributed by atoms with E-state index in [0.717, 1.165) is 11.3 Å². The van der Waals surface area contributed by atoms with Crippen LogP contribution >= 0.6 is 0 Å². The van der Waals surface area contributed by atoms with Crippen LogP contribution in [0.25, 0.3) is 11.3 Å². The van der Waals surface area contributed by atoms with Gasteiger partial charge in [0.25, 0.3) is 5.91 Å². The first-order chi connectivity index (χ1) is 15.6. The van der Waals surface area contributed by atoms with E-state index >= 15 is 0 Å². The fourth-order valence-corrected chi connectivity index (χ4v) is 3.61. The van der Waals surface area contributed by atoms with Crippen molar-refractivity contribution in [2.45, 2.75) is 19.4 Å². The predicted octanol–water partition coefficient (Wildman–Crippen LogP) is 3.82. The van der Waals surface area contributed by atoms with E-state index in [2.05, 4.69) is 20.6 Å². The van der Waals surface area contributed by atoms with Crippen LogP contribution in [-0.2, 0) is 4.74 Å². The Morgan fingerprint density at radius 1 is 1.09 bits per heavy atom. The average molecular weight is 434 g/mol. The lowest BCUT2D eigenvalue weighted by molar-refractivity contribution is 0.0303. The summed E-state index contributed by atoms with van der Waals surface area (Å²) in [5.74, 6) is 0.676. The third-order valence-electron chi connectivity index (χ3n) is 5.41. The molecule has 3 aromatic rings. The number of imidazole rings is 1. The van der Waals surface area contributed by atoms with E-state index in [1.54, 1.807) is 35.4 Å². The molecule has 3 amide bonds. The Kier molecular flexibility index (Phi) is 6.81. The minimum Gasteiger partial charge on any atom is -0.378 e. The van der Waals surface area contributed by atoms with Crippen molar-refractivity contribution in [1.82, 2.24) is 20.2 Å². The number of rotatable bonds is 6. The van der Waals surface area contributed by atoms with Gasteiger partial charge in [0, 0.05) is 24.3 Å². The van der Waals surface area contributed by atoms with Crippen LogP contribution in [-0.4, -0.2) is 53.1 Å². The van der Waals surface area contributed by atoms with Crippen LogP contribution in [0.4, 0.5) is 10.5 Å². The molecular formula is C24H27N5O3. The van der Waals surface area contributed by atoms with Crippen molar-refractivity contribution in [3.63, 3.8) is 0 Å². The number of urea groups is 1. The van der Waals surface area contributed by atoms with Crippen molar-refractivity contribution >= 4 is 17.6 Å². The van der Waals surface area contributed by atoms with Gasteiger partial charge in [-0.1, -0.05) is 37.3 Å². The van der Waals surface area contributed by atoms with Gasteiger partial charge in [-0.2, -0.15) is 0 Å². The highest BCUT2D eigenvalue weighted by Gasteiger charge is 2.19. The molecule has 3 N–H and O–H groups in total. The van der Waals surface area contributed by atoms with E-state index in [-0.39, 0.29) is 18.0 Å². The largest absolute Gasteiger partial charge is 0.378 e. The lowest BCUT2D eigenvalue weighted by Gasteiger charge is -2.26. The molecule has 1 atom stereocenters. The van der Waals surface area contributed by atoms with Crippen LogP contribution in [0.15, 0.2) is 60.8 Å². The van der Waals surface area contributed by atoms with Gasteiger partial charge in [-0.15, -0.1) is 0 Å². The van der Waals surface area contributed by atoms with Crippen LogP contribution in [0.2, 0.25) is 0 Å². The quantitative estimate of drug-likeness (QED) is 0.550. The van der Waals surface area contributed by atoms with Gasteiger partial charge in [0.15, 0.2) is 0 Å². The van der Waals surface area contributed by atoms with Gasteiger partial charge in [-0.25, -0.2) is 9.78 Å². The van der Waals surface area contributed by atoms with Gasteiger partial charge in [0.1, 0.15) is 5.82 Å². The van der Waals surface area contributed by atoms with Crippen molar-refractivity contribution in [3.05, 3.63) is 72.2 Å². The van der Waals surface area contributed by atoms with Gasteiger partial charge in [0.05, 0.1) is 31.1 Å². The molecule has 1 aromatic heterocycles. The van der Waals surface area contributed by atoms with Gasteiger partial charge < -0.3 is 25.3 Å². The molecule has 2 aromatic carbocycles. The first-order valence-corrected chi connectivity index (χ1v) is 10.8. The lowest BCUT2D eigenvalue weighted by atomic mass is 10.1. The molecule has 8 heteroatoms. The Balaban J connectivity index is 1.35. The van der Waals surface area contributed by atoms with Crippen LogP contribution in [0.1, 0.15) is 35.6 Å². The molecule has 1 saturated heterocycles. The van der Waals surface area contributed by atoms with Crippen LogP contribution in [0, 0.1) is 0 Å². The zero-order chi connectivity index (χ0) is 22.3. The maximum absolute atomic E-state index is 12.5. The molecule has 1 aliphatic rings. The Bertz CT molecular complexity index is 1040. The second-order valence-electron chi connectivity index (χ2n) is 7.59. The van der Waals surface area contributed by atoms with Crippen LogP contribution < -0.4 is 10.6 Å². The molecular weight excluding hydrogens is 406 g/mol. The highest BCUT2D eigenvalue weighted by molar-refractivity contribution is 5.95. The Morgan fingerprint density at radius 2 is 1.81 bits per heavy atom. The molecule has 166 valence electrons. The second kappa shape index (κ2) is 10.1. The molecule has 0 aliphatic carbocycles. The number of aromatic amines is 1. The van der Waals surface area contributed by atoms with Crippen molar-refractivity contribution in [3.8, 4) is 11.3 Å². The van der Waals surface area contributed by atoms with E-state index in [0.29, 0.717) is 49.8 Å². The maximum atomic E-state index is 12.5. The number of nitrogens with one attached hydrogen (secondary N) is 3.